The molecule has 0 aliphatic carbocycles. The van der Waals surface area contributed by atoms with E-state index in [0.29, 0.717) is 0 Å². The highest BCUT2D eigenvalue weighted by Gasteiger charge is 2.23. The van der Waals surface area contributed by atoms with Crippen molar-refractivity contribution in [3.05, 3.63) is 29.8 Å². The number of aliphatic imine (C=N–C) groups is 1. The molecule has 0 radical (unpaired) electrons. The summed E-state index contributed by atoms with van der Waals surface area (Å²) in [6, 6.07) is 5.85. The molecule has 0 spiro atoms. The van der Waals surface area contributed by atoms with Crippen LogP contribution >= 0.6 is 0 Å². The number of aliphatic hydroxyl groups is 2. The van der Waals surface area contributed by atoms with Crippen molar-refractivity contribution >= 4 is 17.7 Å². The van der Waals surface area contributed by atoms with Crippen molar-refractivity contribution in [2.75, 3.05) is 0 Å². The fourth-order valence-electron chi connectivity index (χ4n) is 1.17. The highest BCUT2D eigenvalue weighted by atomic mass is 16.3. The first-order chi connectivity index (χ1) is 7.56. The van der Waals surface area contributed by atoms with Crippen molar-refractivity contribution in [1.82, 2.24) is 0 Å². The SMILES string of the molecule is NC(=O)C(O)C(O)c1cccc(N=C=O)c1. The van der Waals surface area contributed by atoms with E-state index in [1.54, 1.807) is 0 Å². The number of aliphatic hydroxyl groups excluding tert-OH is 2. The van der Waals surface area contributed by atoms with Crippen LogP contribution < -0.4 is 5.73 Å². The summed E-state index contributed by atoms with van der Waals surface area (Å²) in [5, 5.41) is 18.8. The Morgan fingerprint density at radius 2 is 2.12 bits per heavy atom. The van der Waals surface area contributed by atoms with Crippen LogP contribution in [-0.4, -0.2) is 28.3 Å². The molecule has 0 aliphatic heterocycles. The van der Waals surface area contributed by atoms with Crippen LogP contribution in [0.4, 0.5) is 5.69 Å². The van der Waals surface area contributed by atoms with E-state index < -0.39 is 18.1 Å². The summed E-state index contributed by atoms with van der Waals surface area (Å²) in [5.74, 6) is -1.03. The number of primary amides is 1. The maximum absolute atomic E-state index is 10.7. The van der Waals surface area contributed by atoms with Gasteiger partial charge >= 0.3 is 0 Å². The van der Waals surface area contributed by atoms with Gasteiger partial charge in [-0.1, -0.05) is 12.1 Å². The molecule has 6 heteroatoms. The molecule has 1 rings (SSSR count). The standard InChI is InChI=1S/C10H10N2O4/c11-10(16)9(15)8(14)6-2-1-3-7(4-6)12-5-13/h1-4,8-9,14-15H,(H2,11,16). The van der Waals surface area contributed by atoms with Crippen molar-refractivity contribution in [3.63, 3.8) is 0 Å². The van der Waals surface area contributed by atoms with Crippen LogP contribution in [0.5, 0.6) is 0 Å². The van der Waals surface area contributed by atoms with Gasteiger partial charge in [-0.15, -0.1) is 0 Å². The van der Waals surface area contributed by atoms with E-state index >= 15 is 0 Å². The van der Waals surface area contributed by atoms with E-state index in [4.69, 9.17) is 5.73 Å². The molecule has 0 aliphatic rings. The zero-order chi connectivity index (χ0) is 12.1. The van der Waals surface area contributed by atoms with Crippen molar-refractivity contribution in [3.8, 4) is 0 Å². The Bertz CT molecular complexity index is 440. The van der Waals surface area contributed by atoms with Crippen molar-refractivity contribution < 1.29 is 19.8 Å². The minimum Gasteiger partial charge on any atom is -0.385 e. The minimum absolute atomic E-state index is 0.239. The first-order valence-corrected chi connectivity index (χ1v) is 4.39. The average molecular weight is 222 g/mol. The quantitative estimate of drug-likeness (QED) is 0.472. The fraction of sp³-hybridized carbons (Fsp3) is 0.200. The van der Waals surface area contributed by atoms with E-state index in [1.165, 1.54) is 30.3 Å². The van der Waals surface area contributed by atoms with Gasteiger partial charge in [0.1, 0.15) is 6.10 Å². The number of benzene rings is 1. The van der Waals surface area contributed by atoms with Crippen molar-refractivity contribution in [2.24, 2.45) is 10.7 Å². The normalized spacial score (nSPS) is 13.6. The second-order valence-electron chi connectivity index (χ2n) is 3.09. The van der Waals surface area contributed by atoms with E-state index in [0.717, 1.165) is 0 Å². The number of nitrogens with zero attached hydrogens (tertiary/aromatic N) is 1. The van der Waals surface area contributed by atoms with Crippen molar-refractivity contribution in [2.45, 2.75) is 12.2 Å². The zero-order valence-corrected chi connectivity index (χ0v) is 8.20. The Hall–Kier alpha value is -2.01. The van der Waals surface area contributed by atoms with Gasteiger partial charge in [-0.2, -0.15) is 4.99 Å². The Kier molecular flexibility index (Phi) is 3.90. The summed E-state index contributed by atoms with van der Waals surface area (Å²) >= 11 is 0. The minimum atomic E-state index is -1.70. The molecule has 4 N–H and O–H groups in total. The van der Waals surface area contributed by atoms with Crippen LogP contribution in [0.1, 0.15) is 11.7 Å². The van der Waals surface area contributed by atoms with E-state index in [9.17, 15) is 19.8 Å². The zero-order valence-electron chi connectivity index (χ0n) is 8.20. The Balaban J connectivity index is 2.99. The number of isocyanates is 1. The predicted octanol–water partition coefficient (Wildman–Crippen LogP) is -0.467. The lowest BCUT2D eigenvalue weighted by atomic mass is 10.0. The molecule has 0 heterocycles. The van der Waals surface area contributed by atoms with Gasteiger partial charge < -0.3 is 15.9 Å². The third-order valence-corrected chi connectivity index (χ3v) is 1.98. The van der Waals surface area contributed by atoms with Gasteiger partial charge in [-0.05, 0) is 17.7 Å². The number of hydrogen-bond donors (Lipinski definition) is 3. The molecule has 2 unspecified atom stereocenters. The molecule has 1 aromatic carbocycles. The molecule has 0 saturated carbocycles. The molecule has 84 valence electrons. The summed E-state index contributed by atoms with van der Waals surface area (Å²) in [7, 11) is 0. The lowest BCUT2D eigenvalue weighted by molar-refractivity contribution is -0.131. The van der Waals surface area contributed by atoms with Crippen LogP contribution in [0, 0.1) is 0 Å². The molecule has 6 nitrogen and oxygen atoms in total. The number of hydrogen-bond acceptors (Lipinski definition) is 5. The summed E-state index contributed by atoms with van der Waals surface area (Å²) in [5.41, 5.74) is 5.34. The van der Waals surface area contributed by atoms with Gasteiger partial charge in [0.15, 0.2) is 6.10 Å². The van der Waals surface area contributed by atoms with Crippen molar-refractivity contribution in [1.29, 1.82) is 0 Å². The number of carbonyl (C=O) groups excluding carboxylic acids is 2. The van der Waals surface area contributed by atoms with Crippen LogP contribution in [0.15, 0.2) is 29.3 Å². The van der Waals surface area contributed by atoms with E-state index in [2.05, 4.69) is 4.99 Å². The van der Waals surface area contributed by atoms with Crippen LogP contribution in [0.3, 0.4) is 0 Å². The molecular formula is C10H10N2O4. The molecule has 0 fully saturated rings. The fourth-order valence-corrected chi connectivity index (χ4v) is 1.17. The van der Waals surface area contributed by atoms with Gasteiger partial charge in [0, 0.05) is 0 Å². The Labute approximate surface area is 91.0 Å². The third-order valence-electron chi connectivity index (χ3n) is 1.98. The second-order valence-corrected chi connectivity index (χ2v) is 3.09. The highest BCUT2D eigenvalue weighted by Crippen LogP contribution is 2.21. The molecule has 2 atom stereocenters. The van der Waals surface area contributed by atoms with Crippen LogP contribution in [0.2, 0.25) is 0 Å². The molecule has 0 saturated heterocycles. The van der Waals surface area contributed by atoms with Gasteiger partial charge in [0.2, 0.25) is 12.0 Å². The maximum atomic E-state index is 10.7. The number of rotatable bonds is 4. The molecule has 16 heavy (non-hydrogen) atoms. The monoisotopic (exact) mass is 222 g/mol. The number of amides is 1. The Morgan fingerprint density at radius 3 is 2.69 bits per heavy atom. The van der Waals surface area contributed by atoms with E-state index in [1.807, 2.05) is 0 Å². The molecular weight excluding hydrogens is 212 g/mol. The van der Waals surface area contributed by atoms with Gasteiger partial charge in [-0.25, -0.2) is 4.79 Å². The van der Waals surface area contributed by atoms with Gasteiger partial charge in [-0.3, -0.25) is 4.79 Å². The number of carbonyl (C=O) groups is 1. The molecule has 0 aromatic heterocycles. The van der Waals surface area contributed by atoms with E-state index in [-0.39, 0.29) is 11.3 Å². The smallest absolute Gasteiger partial charge is 0.249 e. The first kappa shape index (κ1) is 12.1. The summed E-state index contributed by atoms with van der Waals surface area (Å²) < 4.78 is 0. The molecule has 0 bridgehead atoms. The second kappa shape index (κ2) is 5.18. The summed E-state index contributed by atoms with van der Waals surface area (Å²) in [4.78, 5) is 24.0. The average Bonchev–Trinajstić information content (AvgIpc) is 2.28. The van der Waals surface area contributed by atoms with Gasteiger partial charge in [0.05, 0.1) is 5.69 Å². The summed E-state index contributed by atoms with van der Waals surface area (Å²) in [6.07, 6.45) is -1.80. The van der Waals surface area contributed by atoms with Crippen LogP contribution in [0.25, 0.3) is 0 Å². The largest absolute Gasteiger partial charge is 0.385 e. The van der Waals surface area contributed by atoms with Crippen LogP contribution in [-0.2, 0) is 9.59 Å². The number of nitrogens with two attached hydrogens (primary N) is 1. The molecule has 1 amide bonds. The van der Waals surface area contributed by atoms with Gasteiger partial charge in [0.25, 0.3) is 0 Å². The Morgan fingerprint density at radius 1 is 1.44 bits per heavy atom. The summed E-state index contributed by atoms with van der Waals surface area (Å²) in [6.45, 7) is 0. The topological polar surface area (TPSA) is 113 Å². The molecule has 1 aromatic rings. The first-order valence-electron chi connectivity index (χ1n) is 4.39. The predicted molar refractivity (Wildman–Crippen MR) is 54.4 cm³/mol. The lowest BCUT2D eigenvalue weighted by Crippen LogP contribution is -2.33. The lowest BCUT2D eigenvalue weighted by Gasteiger charge is -2.14. The highest BCUT2D eigenvalue weighted by molar-refractivity contribution is 5.79. The maximum Gasteiger partial charge on any atom is 0.249 e. The third kappa shape index (κ3) is 2.74.